The number of hydrogen-bond donors (Lipinski definition) is 1. The third kappa shape index (κ3) is 10.1. The van der Waals surface area contributed by atoms with Crippen LogP contribution in [0.15, 0.2) is 66.7 Å². The number of nitrogens with zero attached hydrogens (tertiary/aromatic N) is 1. The van der Waals surface area contributed by atoms with Gasteiger partial charge in [-0.1, -0.05) is 47.5 Å². The van der Waals surface area contributed by atoms with Gasteiger partial charge in [0.25, 0.3) is 0 Å². The molecule has 0 saturated heterocycles. The van der Waals surface area contributed by atoms with Crippen LogP contribution in [0.5, 0.6) is 11.5 Å². The highest BCUT2D eigenvalue weighted by Gasteiger charge is 2.19. The lowest BCUT2D eigenvalue weighted by Gasteiger charge is -2.22. The van der Waals surface area contributed by atoms with Gasteiger partial charge in [-0.2, -0.15) is 0 Å². The Kier molecular flexibility index (Phi) is 11.9. The SMILES string of the molecule is CCOC(Cc1ccc(OCCN(CCCc2ccc(F)cc2)C(=O)Oc2ccc(Cl)cc2Cl)cc1)C(=O)O. The monoisotopic (exact) mass is 577 g/mol. The zero-order valence-electron chi connectivity index (χ0n) is 21.4. The summed E-state index contributed by atoms with van der Waals surface area (Å²) in [4.78, 5) is 25.8. The number of carboxylic acid groups (broad SMARTS) is 1. The van der Waals surface area contributed by atoms with Gasteiger partial charge >= 0.3 is 12.1 Å². The highest BCUT2D eigenvalue weighted by Crippen LogP contribution is 2.28. The van der Waals surface area contributed by atoms with Crippen LogP contribution >= 0.6 is 23.2 Å². The summed E-state index contributed by atoms with van der Waals surface area (Å²) < 4.78 is 29.8. The van der Waals surface area contributed by atoms with E-state index in [2.05, 4.69) is 0 Å². The fourth-order valence-electron chi connectivity index (χ4n) is 3.76. The quantitative estimate of drug-likeness (QED) is 0.230. The van der Waals surface area contributed by atoms with E-state index in [4.69, 9.17) is 37.4 Å². The zero-order valence-corrected chi connectivity index (χ0v) is 23.0. The van der Waals surface area contributed by atoms with Gasteiger partial charge in [-0.05, 0) is 73.4 Å². The molecule has 0 fully saturated rings. The topological polar surface area (TPSA) is 85.3 Å². The van der Waals surface area contributed by atoms with Crippen molar-refractivity contribution in [2.24, 2.45) is 0 Å². The average molecular weight is 578 g/mol. The number of amides is 1. The summed E-state index contributed by atoms with van der Waals surface area (Å²) in [7, 11) is 0. The predicted octanol–water partition coefficient (Wildman–Crippen LogP) is 6.68. The van der Waals surface area contributed by atoms with E-state index in [1.807, 2.05) is 0 Å². The van der Waals surface area contributed by atoms with E-state index in [1.165, 1.54) is 29.2 Å². The van der Waals surface area contributed by atoms with Crippen LogP contribution < -0.4 is 9.47 Å². The molecule has 0 aliphatic rings. The number of benzene rings is 3. The van der Waals surface area contributed by atoms with Gasteiger partial charge in [0.05, 0.1) is 11.6 Å². The summed E-state index contributed by atoms with van der Waals surface area (Å²) in [6, 6.07) is 17.9. The molecule has 3 rings (SSSR count). The van der Waals surface area contributed by atoms with E-state index in [0.29, 0.717) is 36.8 Å². The van der Waals surface area contributed by atoms with E-state index in [1.54, 1.807) is 49.4 Å². The molecule has 0 radical (unpaired) electrons. The molecule has 0 aliphatic heterocycles. The second-order valence-corrected chi connectivity index (χ2v) is 9.48. The lowest BCUT2D eigenvalue weighted by atomic mass is 10.1. The first kappa shape index (κ1) is 30.2. The number of aliphatic carboxylic acids is 1. The van der Waals surface area contributed by atoms with Crippen LogP contribution in [0.3, 0.4) is 0 Å². The Morgan fingerprint density at radius 1 is 0.974 bits per heavy atom. The van der Waals surface area contributed by atoms with E-state index >= 15 is 0 Å². The largest absolute Gasteiger partial charge is 0.492 e. The van der Waals surface area contributed by atoms with Crippen LogP contribution in [0, 0.1) is 5.82 Å². The Labute approximate surface area is 237 Å². The predicted molar refractivity (Wildman–Crippen MR) is 147 cm³/mol. The minimum Gasteiger partial charge on any atom is -0.492 e. The summed E-state index contributed by atoms with van der Waals surface area (Å²) in [6.07, 6.45) is 0.00429. The second kappa shape index (κ2) is 15.3. The third-order valence-electron chi connectivity index (χ3n) is 5.77. The molecule has 0 spiro atoms. The highest BCUT2D eigenvalue weighted by molar-refractivity contribution is 6.35. The van der Waals surface area contributed by atoms with Crippen molar-refractivity contribution in [3.8, 4) is 11.5 Å². The Morgan fingerprint density at radius 3 is 2.31 bits per heavy atom. The summed E-state index contributed by atoms with van der Waals surface area (Å²) in [5.74, 6) is -0.548. The molecule has 3 aromatic rings. The second-order valence-electron chi connectivity index (χ2n) is 8.64. The molecular formula is C29H30Cl2FNO6. The fourth-order valence-corrected chi connectivity index (χ4v) is 4.21. The molecular weight excluding hydrogens is 548 g/mol. The lowest BCUT2D eigenvalue weighted by Crippen LogP contribution is -2.37. The average Bonchev–Trinajstić information content (AvgIpc) is 2.91. The van der Waals surface area contributed by atoms with Crippen LogP contribution in [0.4, 0.5) is 9.18 Å². The summed E-state index contributed by atoms with van der Waals surface area (Å²) in [5.41, 5.74) is 1.75. The number of carbonyl (C=O) groups excluding carboxylic acids is 1. The molecule has 0 aliphatic carbocycles. The smallest absolute Gasteiger partial charge is 0.415 e. The maximum absolute atomic E-state index is 13.2. The molecule has 10 heteroatoms. The van der Waals surface area contributed by atoms with Crippen molar-refractivity contribution in [1.29, 1.82) is 0 Å². The van der Waals surface area contributed by atoms with Crippen molar-refractivity contribution in [3.05, 3.63) is 93.7 Å². The molecule has 0 saturated carbocycles. The summed E-state index contributed by atoms with van der Waals surface area (Å²) >= 11 is 12.1. The van der Waals surface area contributed by atoms with Gasteiger partial charge < -0.3 is 24.2 Å². The number of rotatable bonds is 14. The number of carbonyl (C=O) groups is 2. The van der Waals surface area contributed by atoms with Gasteiger partial charge in [-0.15, -0.1) is 0 Å². The Morgan fingerprint density at radius 2 is 1.67 bits per heavy atom. The standard InChI is InChI=1S/C29H30Cl2FNO6/c1-2-37-27(28(34)35)18-21-7-12-24(13-8-21)38-17-16-33(15-3-4-20-5-10-23(32)11-6-20)29(36)39-26-14-9-22(30)19-25(26)31/h5-14,19,27H,2-4,15-18H2,1H3,(H,34,35). The van der Waals surface area contributed by atoms with Gasteiger partial charge in [0.2, 0.25) is 0 Å². The first-order valence-electron chi connectivity index (χ1n) is 12.5. The molecule has 0 heterocycles. The zero-order chi connectivity index (χ0) is 28.2. The molecule has 39 heavy (non-hydrogen) atoms. The molecule has 208 valence electrons. The highest BCUT2D eigenvalue weighted by atomic mass is 35.5. The first-order valence-corrected chi connectivity index (χ1v) is 13.2. The van der Waals surface area contributed by atoms with Gasteiger partial charge in [-0.25, -0.2) is 14.0 Å². The minimum absolute atomic E-state index is 0.191. The number of carboxylic acids is 1. The van der Waals surface area contributed by atoms with E-state index in [9.17, 15) is 19.1 Å². The molecule has 1 N–H and O–H groups in total. The van der Waals surface area contributed by atoms with E-state index in [0.717, 1.165) is 11.1 Å². The third-order valence-corrected chi connectivity index (χ3v) is 6.30. The van der Waals surface area contributed by atoms with Gasteiger partial charge in [0, 0.05) is 24.6 Å². The van der Waals surface area contributed by atoms with Crippen LogP contribution in [0.1, 0.15) is 24.5 Å². The van der Waals surface area contributed by atoms with E-state index in [-0.39, 0.29) is 36.2 Å². The van der Waals surface area contributed by atoms with Crippen molar-refractivity contribution < 1.29 is 33.3 Å². The molecule has 1 unspecified atom stereocenters. The molecule has 0 bridgehead atoms. The summed E-state index contributed by atoms with van der Waals surface area (Å²) in [5, 5.41) is 9.91. The Bertz CT molecular complexity index is 1220. The van der Waals surface area contributed by atoms with Crippen LogP contribution in [0.25, 0.3) is 0 Å². The van der Waals surface area contributed by atoms with Crippen molar-refractivity contribution in [3.63, 3.8) is 0 Å². The normalized spacial score (nSPS) is 11.6. The van der Waals surface area contributed by atoms with E-state index < -0.39 is 18.2 Å². The maximum atomic E-state index is 13.2. The number of ether oxygens (including phenoxy) is 3. The number of hydrogen-bond acceptors (Lipinski definition) is 5. The van der Waals surface area contributed by atoms with Gasteiger partial charge in [0.15, 0.2) is 11.9 Å². The van der Waals surface area contributed by atoms with Crippen molar-refractivity contribution in [1.82, 2.24) is 4.90 Å². The fraction of sp³-hybridized carbons (Fsp3) is 0.310. The Balaban J connectivity index is 1.58. The Hall–Kier alpha value is -3.33. The van der Waals surface area contributed by atoms with Crippen molar-refractivity contribution >= 4 is 35.3 Å². The molecule has 1 atom stereocenters. The first-order chi connectivity index (χ1) is 18.7. The van der Waals surface area contributed by atoms with Crippen LogP contribution in [-0.4, -0.2) is 54.5 Å². The molecule has 0 aromatic heterocycles. The summed E-state index contributed by atoms with van der Waals surface area (Å²) in [6.45, 7) is 2.86. The number of aryl methyl sites for hydroxylation is 1. The van der Waals surface area contributed by atoms with Crippen molar-refractivity contribution in [2.75, 3.05) is 26.3 Å². The number of halogens is 3. The molecule has 1 amide bonds. The van der Waals surface area contributed by atoms with Crippen molar-refractivity contribution in [2.45, 2.75) is 32.3 Å². The van der Waals surface area contributed by atoms with Gasteiger partial charge in [-0.3, -0.25) is 0 Å². The van der Waals surface area contributed by atoms with Gasteiger partial charge in [0.1, 0.15) is 18.2 Å². The van der Waals surface area contributed by atoms with Crippen LogP contribution in [0.2, 0.25) is 10.0 Å². The van der Waals surface area contributed by atoms with Crippen LogP contribution in [-0.2, 0) is 22.4 Å². The maximum Gasteiger partial charge on any atom is 0.415 e. The lowest BCUT2D eigenvalue weighted by molar-refractivity contribution is -0.149. The molecule has 7 nitrogen and oxygen atoms in total. The molecule has 3 aromatic carbocycles. The minimum atomic E-state index is -1.01.